The van der Waals surface area contributed by atoms with Crippen molar-refractivity contribution in [1.29, 1.82) is 0 Å². The maximum absolute atomic E-state index is 10.7. The molecule has 0 aliphatic carbocycles. The maximum atomic E-state index is 10.7. The molecule has 0 saturated carbocycles. The van der Waals surface area contributed by atoms with Crippen LogP contribution < -0.4 is 21.3 Å². The Morgan fingerprint density at radius 2 is 2.06 bits per heavy atom. The molecule has 1 aromatic carbocycles. The van der Waals surface area contributed by atoms with Crippen molar-refractivity contribution in [3.8, 4) is 0 Å². The van der Waals surface area contributed by atoms with E-state index in [-0.39, 0.29) is 18.1 Å². The summed E-state index contributed by atoms with van der Waals surface area (Å²) in [6, 6.07) is 8.06. The van der Waals surface area contributed by atoms with Gasteiger partial charge in [0.15, 0.2) is 0 Å². The predicted octanol–water partition coefficient (Wildman–Crippen LogP) is 2.53. The molecule has 0 aliphatic rings. The summed E-state index contributed by atoms with van der Waals surface area (Å²) in [6.07, 6.45) is 5.71. The summed E-state index contributed by atoms with van der Waals surface area (Å²) in [5.41, 5.74) is 8.21. The van der Waals surface area contributed by atoms with Crippen LogP contribution in [0.4, 0.5) is 11.4 Å². The summed E-state index contributed by atoms with van der Waals surface area (Å²) in [6.45, 7) is 7.05. The molecule has 0 spiro atoms. The second-order valence-corrected chi connectivity index (χ2v) is 8.41. The highest BCUT2D eigenvalue weighted by molar-refractivity contribution is 5.99. The lowest BCUT2D eigenvalue weighted by molar-refractivity contribution is -0.137. The quantitative estimate of drug-likeness (QED) is 0.302. The number of nitrogens with two attached hydrogens (primary N) is 1. The van der Waals surface area contributed by atoms with Gasteiger partial charge < -0.3 is 26.4 Å². The number of aryl methyl sites for hydroxylation is 1. The number of carboxylic acid groups (broad SMARTS) is 1. The standard InChI is InChI=1S/C23H36N8O2/c1-17(30(5)20-10-8-18(13-24)9-11-20)28-22(26-16-23(2,3)25-4)29-19-14-27-31(15-19)12-6-7-21(32)33/h8-11,14-17,25H,6-7,12-13,24H2,1-5H3,(H,28,29)(H,32,33)/b26-16-. The number of carbonyl (C=O) groups is 1. The van der Waals surface area contributed by atoms with Crippen LogP contribution in [-0.2, 0) is 17.9 Å². The third kappa shape index (κ3) is 8.66. The molecule has 180 valence electrons. The summed E-state index contributed by atoms with van der Waals surface area (Å²) in [5.74, 6) is -0.367. The van der Waals surface area contributed by atoms with E-state index < -0.39 is 5.97 Å². The number of nitrogens with one attached hydrogen (secondary N) is 2. The first-order chi connectivity index (χ1) is 15.6. The first-order valence-corrected chi connectivity index (χ1v) is 11.0. The average molecular weight is 457 g/mol. The first kappa shape index (κ1) is 26.0. The van der Waals surface area contributed by atoms with Gasteiger partial charge in [-0.05, 0) is 51.9 Å². The number of carboxylic acids is 1. The van der Waals surface area contributed by atoms with Crippen molar-refractivity contribution in [1.82, 2.24) is 15.1 Å². The average Bonchev–Trinajstić information content (AvgIpc) is 3.23. The Bertz CT molecular complexity index is 950. The Morgan fingerprint density at radius 3 is 2.67 bits per heavy atom. The van der Waals surface area contributed by atoms with E-state index in [0.717, 1.165) is 16.9 Å². The Hall–Kier alpha value is -3.24. The second-order valence-electron chi connectivity index (χ2n) is 8.41. The largest absolute Gasteiger partial charge is 0.481 e. The topological polar surface area (TPSA) is 133 Å². The number of aliphatic imine (C=N–C) groups is 2. The van der Waals surface area contributed by atoms with Gasteiger partial charge in [-0.15, -0.1) is 0 Å². The molecule has 10 nitrogen and oxygen atoms in total. The summed E-state index contributed by atoms with van der Waals surface area (Å²) in [4.78, 5) is 22.2. The number of benzene rings is 1. The SMILES string of the molecule is CNC(C)(C)/C=N\C(=N/C(C)N(C)c1ccc(CN)cc1)Nc1cnn(CCCC(=O)O)c1. The number of aromatic nitrogens is 2. The van der Waals surface area contributed by atoms with Crippen molar-refractivity contribution in [3.05, 3.63) is 42.2 Å². The molecule has 2 rings (SSSR count). The van der Waals surface area contributed by atoms with Gasteiger partial charge in [-0.25, -0.2) is 9.98 Å². The third-order valence-electron chi connectivity index (χ3n) is 5.27. The van der Waals surface area contributed by atoms with Gasteiger partial charge >= 0.3 is 5.97 Å². The number of aliphatic carboxylic acids is 1. The molecule has 0 saturated heterocycles. The summed E-state index contributed by atoms with van der Waals surface area (Å²) >= 11 is 0. The molecular formula is C23H36N8O2. The lowest BCUT2D eigenvalue weighted by atomic mass is 10.1. The van der Waals surface area contributed by atoms with E-state index in [2.05, 4.69) is 25.6 Å². The van der Waals surface area contributed by atoms with Gasteiger partial charge in [0, 0.05) is 50.2 Å². The zero-order chi connectivity index (χ0) is 24.4. The summed E-state index contributed by atoms with van der Waals surface area (Å²) in [5, 5.41) is 19.5. The Balaban J connectivity index is 2.19. The molecule has 1 atom stereocenters. The highest BCUT2D eigenvalue weighted by atomic mass is 16.4. The smallest absolute Gasteiger partial charge is 0.303 e. The lowest BCUT2D eigenvalue weighted by Crippen LogP contribution is -2.38. The minimum absolute atomic E-state index is 0.106. The van der Waals surface area contributed by atoms with Gasteiger partial charge in [0.05, 0.1) is 11.9 Å². The van der Waals surface area contributed by atoms with Gasteiger partial charge in [0.2, 0.25) is 5.96 Å². The zero-order valence-corrected chi connectivity index (χ0v) is 20.1. The molecule has 0 fully saturated rings. The van der Waals surface area contributed by atoms with Crippen LogP contribution in [0, 0.1) is 0 Å². The summed E-state index contributed by atoms with van der Waals surface area (Å²) < 4.78 is 1.71. The molecule has 5 N–H and O–H groups in total. The number of guanidine groups is 1. The van der Waals surface area contributed by atoms with Crippen molar-refractivity contribution >= 4 is 29.5 Å². The van der Waals surface area contributed by atoms with Crippen LogP contribution >= 0.6 is 0 Å². The van der Waals surface area contributed by atoms with Crippen molar-refractivity contribution in [2.45, 2.75) is 58.4 Å². The zero-order valence-electron chi connectivity index (χ0n) is 20.1. The summed E-state index contributed by atoms with van der Waals surface area (Å²) in [7, 11) is 3.85. The molecule has 1 unspecified atom stereocenters. The fourth-order valence-corrected chi connectivity index (χ4v) is 2.80. The van der Waals surface area contributed by atoms with Crippen molar-refractivity contribution in [2.75, 3.05) is 24.3 Å². The second kappa shape index (κ2) is 12.1. The predicted molar refractivity (Wildman–Crippen MR) is 134 cm³/mol. The Morgan fingerprint density at radius 1 is 1.36 bits per heavy atom. The number of nitrogens with zero attached hydrogens (tertiary/aromatic N) is 5. The van der Waals surface area contributed by atoms with E-state index in [1.54, 1.807) is 17.1 Å². The number of rotatable bonds is 11. The molecule has 0 aliphatic heterocycles. The van der Waals surface area contributed by atoms with Gasteiger partial charge in [-0.1, -0.05) is 12.1 Å². The molecule has 1 heterocycles. The van der Waals surface area contributed by atoms with Crippen molar-refractivity contribution in [2.24, 2.45) is 15.7 Å². The maximum Gasteiger partial charge on any atom is 0.303 e. The van der Waals surface area contributed by atoms with E-state index in [9.17, 15) is 4.79 Å². The minimum Gasteiger partial charge on any atom is -0.481 e. The van der Waals surface area contributed by atoms with Crippen LogP contribution in [0.3, 0.4) is 0 Å². The third-order valence-corrected chi connectivity index (χ3v) is 5.27. The van der Waals surface area contributed by atoms with E-state index in [0.29, 0.717) is 25.5 Å². The van der Waals surface area contributed by atoms with Crippen LogP contribution in [0.5, 0.6) is 0 Å². The Labute approximate surface area is 195 Å². The first-order valence-electron chi connectivity index (χ1n) is 11.0. The van der Waals surface area contributed by atoms with Crippen LogP contribution in [0.1, 0.15) is 39.2 Å². The number of hydrogen-bond donors (Lipinski definition) is 4. The van der Waals surface area contributed by atoms with E-state index >= 15 is 0 Å². The monoisotopic (exact) mass is 456 g/mol. The van der Waals surface area contributed by atoms with Crippen LogP contribution in [-0.4, -0.2) is 58.8 Å². The van der Waals surface area contributed by atoms with Gasteiger partial charge in [0.1, 0.15) is 6.17 Å². The molecule has 0 amide bonds. The van der Waals surface area contributed by atoms with E-state index in [1.165, 1.54) is 0 Å². The fourth-order valence-electron chi connectivity index (χ4n) is 2.80. The van der Waals surface area contributed by atoms with E-state index in [1.807, 2.05) is 65.3 Å². The molecule has 0 bridgehead atoms. The van der Waals surface area contributed by atoms with E-state index in [4.69, 9.17) is 15.8 Å². The fraction of sp³-hybridized carbons (Fsp3) is 0.478. The molecule has 33 heavy (non-hydrogen) atoms. The molecule has 1 aromatic heterocycles. The van der Waals surface area contributed by atoms with Crippen LogP contribution in [0.25, 0.3) is 0 Å². The van der Waals surface area contributed by atoms with Crippen molar-refractivity contribution in [3.63, 3.8) is 0 Å². The van der Waals surface area contributed by atoms with Crippen LogP contribution in [0.15, 0.2) is 46.6 Å². The highest BCUT2D eigenvalue weighted by Gasteiger charge is 2.14. The van der Waals surface area contributed by atoms with Crippen molar-refractivity contribution < 1.29 is 9.90 Å². The van der Waals surface area contributed by atoms with Gasteiger partial charge in [-0.3, -0.25) is 9.48 Å². The lowest BCUT2D eigenvalue weighted by Gasteiger charge is -2.25. The Kier molecular flexibility index (Phi) is 9.56. The highest BCUT2D eigenvalue weighted by Crippen LogP contribution is 2.17. The molecule has 0 radical (unpaired) electrons. The number of hydrogen-bond acceptors (Lipinski definition) is 6. The minimum atomic E-state index is -0.813. The van der Waals surface area contributed by atoms with Gasteiger partial charge in [-0.2, -0.15) is 5.10 Å². The van der Waals surface area contributed by atoms with Crippen LogP contribution in [0.2, 0.25) is 0 Å². The molecule has 2 aromatic rings. The van der Waals surface area contributed by atoms with Gasteiger partial charge in [0.25, 0.3) is 0 Å². The molecule has 10 heteroatoms. The number of anilines is 2. The molecular weight excluding hydrogens is 420 g/mol. The normalized spacial score (nSPS) is 13.3.